The number of aryl methyl sites for hydroxylation is 2. The van der Waals surface area contributed by atoms with Crippen molar-refractivity contribution in [1.29, 1.82) is 0 Å². The van der Waals surface area contributed by atoms with Crippen LogP contribution in [0.1, 0.15) is 33.7 Å². The Morgan fingerprint density at radius 1 is 1.29 bits per heavy atom. The van der Waals surface area contributed by atoms with E-state index in [1.165, 1.54) is 28.2 Å². The lowest BCUT2D eigenvalue weighted by Gasteiger charge is -2.09. The van der Waals surface area contributed by atoms with Crippen molar-refractivity contribution in [2.45, 2.75) is 45.9 Å². The molecule has 0 radical (unpaired) electrons. The molecule has 2 aromatic rings. The highest BCUT2D eigenvalue weighted by atomic mass is 35.5. The fourth-order valence-electron chi connectivity index (χ4n) is 2.24. The normalized spacial score (nSPS) is 14.4. The Hall–Kier alpha value is -1.03. The van der Waals surface area contributed by atoms with E-state index in [9.17, 15) is 0 Å². The number of hydrogen-bond donors (Lipinski definition) is 1. The van der Waals surface area contributed by atoms with E-state index >= 15 is 0 Å². The van der Waals surface area contributed by atoms with Crippen molar-refractivity contribution in [3.05, 3.63) is 50.2 Å². The maximum Gasteiger partial charge on any atom is 0.124 e. The Balaban J connectivity index is 1.62. The Morgan fingerprint density at radius 3 is 2.86 bits per heavy atom. The van der Waals surface area contributed by atoms with Gasteiger partial charge in [0.1, 0.15) is 12.4 Å². The highest BCUT2D eigenvalue weighted by Crippen LogP contribution is 2.27. The summed E-state index contributed by atoms with van der Waals surface area (Å²) in [4.78, 5) is 2.73. The molecule has 2 nitrogen and oxygen atoms in total. The summed E-state index contributed by atoms with van der Waals surface area (Å²) in [7, 11) is 0. The summed E-state index contributed by atoms with van der Waals surface area (Å²) < 4.78 is 5.94. The zero-order valence-corrected chi connectivity index (χ0v) is 14.0. The van der Waals surface area contributed by atoms with Crippen molar-refractivity contribution in [1.82, 2.24) is 5.32 Å². The van der Waals surface area contributed by atoms with Gasteiger partial charge in [-0.25, -0.2) is 0 Å². The van der Waals surface area contributed by atoms with Crippen LogP contribution in [-0.4, -0.2) is 6.04 Å². The highest BCUT2D eigenvalue weighted by molar-refractivity contribution is 7.12. The molecule has 1 fully saturated rings. The molecule has 1 heterocycles. The van der Waals surface area contributed by atoms with Crippen molar-refractivity contribution in [3.63, 3.8) is 0 Å². The largest absolute Gasteiger partial charge is 0.489 e. The highest BCUT2D eigenvalue weighted by Gasteiger charge is 2.20. The standard InChI is InChI=1S/C17H20ClNOS/c1-11-3-4-14(18)8-17(11)20-10-13-7-16(21-12(13)2)9-19-15-5-6-15/h3-4,7-8,15,19H,5-6,9-10H2,1-2H3. The number of nitrogens with one attached hydrogen (secondary N) is 1. The molecule has 1 aromatic carbocycles. The van der Waals surface area contributed by atoms with E-state index in [1.807, 2.05) is 36.5 Å². The van der Waals surface area contributed by atoms with Crippen molar-refractivity contribution < 1.29 is 4.74 Å². The SMILES string of the molecule is Cc1ccc(Cl)cc1OCc1cc(CNC2CC2)sc1C. The summed E-state index contributed by atoms with van der Waals surface area (Å²) in [5, 5.41) is 4.27. The van der Waals surface area contributed by atoms with E-state index in [2.05, 4.69) is 18.3 Å². The average Bonchev–Trinajstić information content (AvgIpc) is 3.22. The van der Waals surface area contributed by atoms with Gasteiger partial charge in [0, 0.05) is 32.9 Å². The van der Waals surface area contributed by atoms with Crippen LogP contribution in [0.25, 0.3) is 0 Å². The zero-order chi connectivity index (χ0) is 14.8. The molecule has 0 aliphatic heterocycles. The second-order valence-electron chi connectivity index (χ2n) is 5.65. The van der Waals surface area contributed by atoms with Gasteiger partial charge < -0.3 is 10.1 Å². The van der Waals surface area contributed by atoms with Crippen LogP contribution in [0, 0.1) is 13.8 Å². The van der Waals surface area contributed by atoms with Crippen LogP contribution in [-0.2, 0) is 13.2 Å². The number of rotatable bonds is 6. The molecule has 1 aliphatic rings. The van der Waals surface area contributed by atoms with E-state index < -0.39 is 0 Å². The van der Waals surface area contributed by atoms with Gasteiger partial charge in [-0.3, -0.25) is 0 Å². The molecule has 1 aliphatic carbocycles. The Labute approximate surface area is 135 Å². The van der Waals surface area contributed by atoms with Gasteiger partial charge >= 0.3 is 0 Å². The third kappa shape index (κ3) is 4.00. The van der Waals surface area contributed by atoms with Crippen LogP contribution < -0.4 is 10.1 Å². The number of hydrogen-bond acceptors (Lipinski definition) is 3. The molecule has 3 rings (SSSR count). The van der Waals surface area contributed by atoms with E-state index in [4.69, 9.17) is 16.3 Å². The Kier molecular flexibility index (Phi) is 4.53. The van der Waals surface area contributed by atoms with Crippen LogP contribution in [0.2, 0.25) is 5.02 Å². The lowest BCUT2D eigenvalue weighted by molar-refractivity contribution is 0.304. The predicted molar refractivity (Wildman–Crippen MR) is 89.4 cm³/mol. The first-order valence-electron chi connectivity index (χ1n) is 7.32. The fraction of sp³-hybridized carbons (Fsp3) is 0.412. The summed E-state index contributed by atoms with van der Waals surface area (Å²) in [5.41, 5.74) is 2.38. The number of thiophene rings is 1. The number of benzene rings is 1. The van der Waals surface area contributed by atoms with Crippen LogP contribution >= 0.6 is 22.9 Å². The molecule has 0 unspecified atom stereocenters. The number of halogens is 1. The van der Waals surface area contributed by atoms with Crippen molar-refractivity contribution in [3.8, 4) is 5.75 Å². The molecule has 21 heavy (non-hydrogen) atoms. The van der Waals surface area contributed by atoms with Gasteiger partial charge in [0.05, 0.1) is 0 Å². The molecule has 0 saturated heterocycles. The van der Waals surface area contributed by atoms with Crippen molar-refractivity contribution in [2.24, 2.45) is 0 Å². The summed E-state index contributed by atoms with van der Waals surface area (Å²) in [5.74, 6) is 0.866. The summed E-state index contributed by atoms with van der Waals surface area (Å²) in [6.07, 6.45) is 2.66. The van der Waals surface area contributed by atoms with Gasteiger partial charge in [-0.2, -0.15) is 0 Å². The van der Waals surface area contributed by atoms with Gasteiger partial charge in [-0.1, -0.05) is 17.7 Å². The first kappa shape index (κ1) is 14.9. The van der Waals surface area contributed by atoms with Crippen LogP contribution in [0.3, 0.4) is 0 Å². The van der Waals surface area contributed by atoms with E-state index in [0.717, 1.165) is 23.9 Å². The monoisotopic (exact) mass is 321 g/mol. The number of ether oxygens (including phenoxy) is 1. The molecule has 1 N–H and O–H groups in total. The topological polar surface area (TPSA) is 21.3 Å². The van der Waals surface area contributed by atoms with Crippen LogP contribution in [0.15, 0.2) is 24.3 Å². The van der Waals surface area contributed by atoms with E-state index in [-0.39, 0.29) is 0 Å². The molecule has 0 atom stereocenters. The Bertz CT molecular complexity index is 634. The minimum Gasteiger partial charge on any atom is -0.489 e. The lowest BCUT2D eigenvalue weighted by atomic mass is 10.2. The third-order valence-electron chi connectivity index (χ3n) is 3.75. The van der Waals surface area contributed by atoms with Crippen LogP contribution in [0.4, 0.5) is 0 Å². The van der Waals surface area contributed by atoms with Gasteiger partial charge in [-0.15, -0.1) is 11.3 Å². The minimum atomic E-state index is 0.604. The second kappa shape index (κ2) is 6.39. The van der Waals surface area contributed by atoms with Gasteiger partial charge in [0.25, 0.3) is 0 Å². The predicted octanol–water partition coefficient (Wildman–Crippen LogP) is 4.85. The smallest absolute Gasteiger partial charge is 0.124 e. The molecular weight excluding hydrogens is 302 g/mol. The maximum absolute atomic E-state index is 6.02. The third-order valence-corrected chi connectivity index (χ3v) is 5.08. The molecule has 1 aromatic heterocycles. The van der Waals surface area contributed by atoms with Crippen LogP contribution in [0.5, 0.6) is 5.75 Å². The van der Waals surface area contributed by atoms with Gasteiger partial charge in [-0.05, 0) is 50.5 Å². The minimum absolute atomic E-state index is 0.604. The fourth-order valence-corrected chi connectivity index (χ4v) is 3.40. The quantitative estimate of drug-likeness (QED) is 0.821. The first-order chi connectivity index (χ1) is 10.1. The zero-order valence-electron chi connectivity index (χ0n) is 12.4. The molecule has 4 heteroatoms. The van der Waals surface area contributed by atoms with E-state index in [1.54, 1.807) is 0 Å². The molecular formula is C17H20ClNOS. The Morgan fingerprint density at radius 2 is 2.10 bits per heavy atom. The van der Waals surface area contributed by atoms with Crippen molar-refractivity contribution in [2.75, 3.05) is 0 Å². The summed E-state index contributed by atoms with van der Waals surface area (Å²) >= 11 is 7.88. The molecule has 0 spiro atoms. The van der Waals surface area contributed by atoms with Gasteiger partial charge in [0.15, 0.2) is 0 Å². The van der Waals surface area contributed by atoms with Gasteiger partial charge in [0.2, 0.25) is 0 Å². The lowest BCUT2D eigenvalue weighted by Crippen LogP contribution is -2.14. The van der Waals surface area contributed by atoms with E-state index in [0.29, 0.717) is 11.6 Å². The average molecular weight is 322 g/mol. The molecule has 1 saturated carbocycles. The summed E-state index contributed by atoms with van der Waals surface area (Å²) in [6, 6.07) is 8.77. The molecule has 0 bridgehead atoms. The first-order valence-corrected chi connectivity index (χ1v) is 8.52. The maximum atomic E-state index is 6.02. The van der Waals surface area contributed by atoms with Crippen molar-refractivity contribution >= 4 is 22.9 Å². The summed E-state index contributed by atoms with van der Waals surface area (Å²) in [6.45, 7) is 5.78. The molecule has 0 amide bonds. The molecule has 112 valence electrons. The second-order valence-corrected chi connectivity index (χ2v) is 7.43.